The molecule has 1 saturated heterocycles. The number of nitrogens with zero attached hydrogens (tertiary/aromatic N) is 4. The minimum absolute atomic E-state index is 0.333. The van der Waals surface area contributed by atoms with Crippen LogP contribution in [0.5, 0.6) is 0 Å². The fourth-order valence-electron chi connectivity index (χ4n) is 4.39. The van der Waals surface area contributed by atoms with Crippen LogP contribution in [-0.2, 0) is 11.8 Å². The molecule has 1 saturated carbocycles. The molecule has 0 aromatic carbocycles. The third-order valence-electron chi connectivity index (χ3n) is 5.81. The van der Waals surface area contributed by atoms with Gasteiger partial charge in [0.15, 0.2) is 5.65 Å². The van der Waals surface area contributed by atoms with E-state index in [2.05, 4.69) is 9.55 Å². The SMILES string of the molecule is Cn1c(C2CCN(C(=O)CCC3CCCC3)C2)nc2cccnc21. The van der Waals surface area contributed by atoms with Gasteiger partial charge in [0.1, 0.15) is 11.3 Å². The average Bonchev–Trinajstić information content (AvgIpc) is 3.33. The Balaban J connectivity index is 1.40. The van der Waals surface area contributed by atoms with Gasteiger partial charge in [0.25, 0.3) is 0 Å². The highest BCUT2D eigenvalue weighted by molar-refractivity contribution is 5.76. The molecule has 5 nitrogen and oxygen atoms in total. The molecule has 1 amide bonds. The van der Waals surface area contributed by atoms with Crippen LogP contribution in [0.2, 0.25) is 0 Å². The van der Waals surface area contributed by atoms with E-state index in [1.807, 2.05) is 24.1 Å². The largest absolute Gasteiger partial charge is 0.342 e. The number of pyridine rings is 1. The van der Waals surface area contributed by atoms with Crippen molar-refractivity contribution in [2.45, 2.75) is 50.9 Å². The molecule has 3 heterocycles. The highest BCUT2D eigenvalue weighted by Gasteiger charge is 2.30. The number of aromatic nitrogens is 3. The van der Waals surface area contributed by atoms with Gasteiger partial charge in [-0.2, -0.15) is 0 Å². The monoisotopic (exact) mass is 326 g/mol. The number of rotatable bonds is 4. The molecular formula is C19H26N4O. The minimum Gasteiger partial charge on any atom is -0.342 e. The highest BCUT2D eigenvalue weighted by atomic mass is 16.2. The summed E-state index contributed by atoms with van der Waals surface area (Å²) in [5, 5.41) is 0. The third kappa shape index (κ3) is 2.92. The molecule has 5 heteroatoms. The van der Waals surface area contributed by atoms with Crippen molar-refractivity contribution in [1.82, 2.24) is 19.4 Å². The van der Waals surface area contributed by atoms with Gasteiger partial charge in [-0.1, -0.05) is 25.7 Å². The van der Waals surface area contributed by atoms with Crippen molar-refractivity contribution < 1.29 is 4.79 Å². The van der Waals surface area contributed by atoms with E-state index in [-0.39, 0.29) is 0 Å². The van der Waals surface area contributed by atoms with E-state index in [0.29, 0.717) is 11.8 Å². The molecule has 1 aliphatic heterocycles. The van der Waals surface area contributed by atoms with Gasteiger partial charge in [-0.05, 0) is 30.9 Å². The number of amides is 1. The van der Waals surface area contributed by atoms with Crippen LogP contribution in [0.3, 0.4) is 0 Å². The van der Waals surface area contributed by atoms with Gasteiger partial charge < -0.3 is 9.47 Å². The van der Waals surface area contributed by atoms with E-state index in [9.17, 15) is 4.79 Å². The second kappa shape index (κ2) is 6.54. The van der Waals surface area contributed by atoms with E-state index in [1.54, 1.807) is 6.20 Å². The fourth-order valence-corrected chi connectivity index (χ4v) is 4.39. The number of imidazole rings is 1. The molecule has 128 valence electrons. The maximum absolute atomic E-state index is 12.5. The van der Waals surface area contributed by atoms with Crippen molar-refractivity contribution in [1.29, 1.82) is 0 Å². The number of carbonyl (C=O) groups is 1. The molecule has 2 aromatic rings. The Bertz CT molecular complexity index is 732. The van der Waals surface area contributed by atoms with E-state index >= 15 is 0 Å². The maximum Gasteiger partial charge on any atom is 0.222 e. The second-order valence-electron chi connectivity index (χ2n) is 7.39. The number of aryl methyl sites for hydroxylation is 1. The zero-order chi connectivity index (χ0) is 16.5. The fraction of sp³-hybridized carbons (Fsp3) is 0.632. The van der Waals surface area contributed by atoms with Crippen LogP contribution >= 0.6 is 0 Å². The van der Waals surface area contributed by atoms with Crippen molar-refractivity contribution in [2.75, 3.05) is 13.1 Å². The van der Waals surface area contributed by atoms with Gasteiger partial charge in [-0.15, -0.1) is 0 Å². The Kier molecular flexibility index (Phi) is 4.25. The van der Waals surface area contributed by atoms with E-state index in [1.165, 1.54) is 25.7 Å². The summed E-state index contributed by atoms with van der Waals surface area (Å²) in [6, 6.07) is 3.93. The molecule has 0 bridgehead atoms. The van der Waals surface area contributed by atoms with Gasteiger partial charge in [0, 0.05) is 38.7 Å². The Morgan fingerprint density at radius 1 is 1.29 bits per heavy atom. The standard InChI is InChI=1S/C19H26N4O/c1-22-18(21-16-7-4-11-20-19(16)22)15-10-12-23(13-15)17(24)9-8-14-5-2-3-6-14/h4,7,11,14-15H,2-3,5-6,8-10,12-13H2,1H3. The molecule has 1 atom stereocenters. The molecule has 24 heavy (non-hydrogen) atoms. The van der Waals surface area contributed by atoms with Crippen LogP contribution in [-0.4, -0.2) is 38.4 Å². The number of hydrogen-bond acceptors (Lipinski definition) is 3. The Morgan fingerprint density at radius 2 is 2.12 bits per heavy atom. The van der Waals surface area contributed by atoms with Crippen molar-refractivity contribution in [3.63, 3.8) is 0 Å². The quantitative estimate of drug-likeness (QED) is 0.866. The molecule has 0 spiro atoms. The van der Waals surface area contributed by atoms with Crippen LogP contribution in [0.1, 0.15) is 56.7 Å². The summed E-state index contributed by atoms with van der Waals surface area (Å²) >= 11 is 0. The number of carbonyl (C=O) groups excluding carboxylic acids is 1. The summed E-state index contributed by atoms with van der Waals surface area (Å²) in [6.45, 7) is 1.67. The van der Waals surface area contributed by atoms with Crippen molar-refractivity contribution in [3.8, 4) is 0 Å². The predicted octanol–water partition coefficient (Wildman–Crippen LogP) is 3.25. The molecule has 4 rings (SSSR count). The molecular weight excluding hydrogens is 300 g/mol. The van der Waals surface area contributed by atoms with Crippen LogP contribution in [0, 0.1) is 5.92 Å². The summed E-state index contributed by atoms with van der Waals surface area (Å²) in [5.41, 5.74) is 1.87. The van der Waals surface area contributed by atoms with E-state index in [4.69, 9.17) is 4.98 Å². The van der Waals surface area contributed by atoms with E-state index < -0.39 is 0 Å². The zero-order valence-electron chi connectivity index (χ0n) is 14.4. The number of fused-ring (bicyclic) bond motifs is 1. The van der Waals surface area contributed by atoms with Crippen LogP contribution in [0.4, 0.5) is 0 Å². The third-order valence-corrected chi connectivity index (χ3v) is 5.81. The van der Waals surface area contributed by atoms with Gasteiger partial charge in [-0.25, -0.2) is 9.97 Å². The van der Waals surface area contributed by atoms with Crippen molar-refractivity contribution in [2.24, 2.45) is 13.0 Å². The Labute approximate surface area is 143 Å². The Hall–Kier alpha value is -1.91. The minimum atomic E-state index is 0.333. The van der Waals surface area contributed by atoms with Crippen LogP contribution in [0.15, 0.2) is 18.3 Å². The molecule has 1 unspecified atom stereocenters. The molecule has 0 N–H and O–H groups in total. The highest BCUT2D eigenvalue weighted by Crippen LogP contribution is 2.31. The zero-order valence-corrected chi connectivity index (χ0v) is 14.4. The Morgan fingerprint density at radius 3 is 2.92 bits per heavy atom. The summed E-state index contributed by atoms with van der Waals surface area (Å²) in [5.74, 6) is 2.52. The summed E-state index contributed by atoms with van der Waals surface area (Å²) < 4.78 is 2.09. The first-order chi connectivity index (χ1) is 11.7. The smallest absolute Gasteiger partial charge is 0.222 e. The molecule has 0 radical (unpaired) electrons. The number of hydrogen-bond donors (Lipinski definition) is 0. The molecule has 1 aliphatic carbocycles. The first-order valence-electron chi connectivity index (χ1n) is 9.27. The first kappa shape index (κ1) is 15.6. The number of likely N-dealkylation sites (tertiary alicyclic amines) is 1. The van der Waals surface area contributed by atoms with Gasteiger partial charge in [0.05, 0.1) is 0 Å². The second-order valence-corrected chi connectivity index (χ2v) is 7.39. The lowest BCUT2D eigenvalue weighted by atomic mass is 10.0. The van der Waals surface area contributed by atoms with Crippen molar-refractivity contribution in [3.05, 3.63) is 24.2 Å². The van der Waals surface area contributed by atoms with E-state index in [0.717, 1.165) is 55.3 Å². The summed E-state index contributed by atoms with van der Waals surface area (Å²) in [4.78, 5) is 23.8. The first-order valence-corrected chi connectivity index (χ1v) is 9.27. The lowest BCUT2D eigenvalue weighted by Crippen LogP contribution is -2.28. The van der Waals surface area contributed by atoms with Gasteiger partial charge in [0.2, 0.25) is 5.91 Å². The normalized spacial score (nSPS) is 21.9. The van der Waals surface area contributed by atoms with Gasteiger partial charge in [-0.3, -0.25) is 4.79 Å². The summed E-state index contributed by atoms with van der Waals surface area (Å²) in [7, 11) is 2.03. The lowest BCUT2D eigenvalue weighted by Gasteiger charge is -2.17. The summed E-state index contributed by atoms with van der Waals surface area (Å²) in [6.07, 6.45) is 9.97. The topological polar surface area (TPSA) is 51.0 Å². The molecule has 2 aliphatic rings. The lowest BCUT2D eigenvalue weighted by molar-refractivity contribution is -0.130. The van der Waals surface area contributed by atoms with Crippen molar-refractivity contribution >= 4 is 17.1 Å². The van der Waals surface area contributed by atoms with Gasteiger partial charge >= 0.3 is 0 Å². The molecule has 2 aromatic heterocycles. The van der Waals surface area contributed by atoms with Crippen LogP contribution in [0.25, 0.3) is 11.2 Å². The maximum atomic E-state index is 12.5. The van der Waals surface area contributed by atoms with Crippen LogP contribution < -0.4 is 0 Å². The predicted molar refractivity (Wildman–Crippen MR) is 93.6 cm³/mol. The average molecular weight is 326 g/mol. The molecule has 2 fully saturated rings.